The van der Waals surface area contributed by atoms with E-state index in [1.54, 1.807) is 34.7 Å². The van der Waals surface area contributed by atoms with E-state index in [4.69, 9.17) is 0 Å². The molecule has 24 heavy (non-hydrogen) atoms. The molecule has 3 heterocycles. The third-order valence-electron chi connectivity index (χ3n) is 4.14. The first-order valence-corrected chi connectivity index (χ1v) is 9.59. The molecule has 0 aliphatic carbocycles. The Morgan fingerprint density at radius 1 is 1.33 bits per heavy atom. The van der Waals surface area contributed by atoms with Gasteiger partial charge in [0.2, 0.25) is 10.0 Å². The third kappa shape index (κ3) is 3.24. The van der Waals surface area contributed by atoms with Crippen LogP contribution in [0.5, 0.6) is 0 Å². The van der Waals surface area contributed by atoms with Gasteiger partial charge in [-0.05, 0) is 18.1 Å². The van der Waals surface area contributed by atoms with Gasteiger partial charge >= 0.3 is 0 Å². The van der Waals surface area contributed by atoms with Gasteiger partial charge in [0.15, 0.2) is 0 Å². The lowest BCUT2D eigenvalue weighted by atomic mass is 10.2. The van der Waals surface area contributed by atoms with Crippen LogP contribution in [0.4, 0.5) is 0 Å². The van der Waals surface area contributed by atoms with E-state index in [1.165, 1.54) is 4.31 Å². The molecule has 0 saturated heterocycles. The summed E-state index contributed by atoms with van der Waals surface area (Å²) < 4.78 is 29.7. The van der Waals surface area contributed by atoms with Crippen LogP contribution in [-0.2, 0) is 30.2 Å². The predicted octanol–water partition coefficient (Wildman–Crippen LogP) is 0.500. The van der Waals surface area contributed by atoms with Gasteiger partial charge in [0.05, 0.1) is 35.9 Å². The van der Waals surface area contributed by atoms with E-state index in [2.05, 4.69) is 10.2 Å². The van der Waals surface area contributed by atoms with E-state index in [1.807, 2.05) is 13.8 Å². The Morgan fingerprint density at radius 2 is 2.08 bits per heavy atom. The first-order chi connectivity index (χ1) is 11.3. The molecule has 9 heteroatoms. The van der Waals surface area contributed by atoms with Gasteiger partial charge in [0.1, 0.15) is 6.10 Å². The molecular weight excluding hydrogens is 330 g/mol. The summed E-state index contributed by atoms with van der Waals surface area (Å²) in [5, 5.41) is 19.0. The highest BCUT2D eigenvalue weighted by Crippen LogP contribution is 2.24. The van der Waals surface area contributed by atoms with Crippen molar-refractivity contribution in [1.29, 1.82) is 0 Å². The first kappa shape index (κ1) is 17.1. The molecule has 0 bridgehead atoms. The molecule has 3 rings (SSSR count). The Kier molecular flexibility index (Phi) is 4.50. The minimum Gasteiger partial charge on any atom is -0.380 e. The number of nitrogens with zero attached hydrogens (tertiary/aromatic N) is 5. The standard InChI is InChI=1S/C15H23N5O3S/c1-11(2)10-24(22,23)19-6-7-20-12(9-19)8-13(17-20)15(21)14-4-5-16-18(14)3/h4-5,8,11,15,21H,6-7,9-10H2,1-3H3. The lowest BCUT2D eigenvalue weighted by Gasteiger charge is -2.27. The molecule has 1 aliphatic heterocycles. The van der Waals surface area contributed by atoms with E-state index in [0.717, 1.165) is 5.69 Å². The Labute approximate surface area is 141 Å². The smallest absolute Gasteiger partial charge is 0.214 e. The Hall–Kier alpha value is -1.71. The van der Waals surface area contributed by atoms with Crippen molar-refractivity contribution >= 4 is 10.0 Å². The number of aromatic nitrogens is 4. The fourth-order valence-electron chi connectivity index (χ4n) is 2.97. The quantitative estimate of drug-likeness (QED) is 0.845. The summed E-state index contributed by atoms with van der Waals surface area (Å²) in [5.74, 6) is 0.232. The molecule has 0 spiro atoms. The number of fused-ring (bicyclic) bond motifs is 1. The molecular formula is C15H23N5O3S. The van der Waals surface area contributed by atoms with Crippen molar-refractivity contribution < 1.29 is 13.5 Å². The summed E-state index contributed by atoms with van der Waals surface area (Å²) >= 11 is 0. The normalized spacial score (nSPS) is 17.2. The average molecular weight is 353 g/mol. The van der Waals surface area contributed by atoms with Crippen molar-refractivity contribution in [3.63, 3.8) is 0 Å². The van der Waals surface area contributed by atoms with Gasteiger partial charge in [-0.1, -0.05) is 13.8 Å². The lowest BCUT2D eigenvalue weighted by molar-refractivity contribution is 0.203. The zero-order valence-electron chi connectivity index (χ0n) is 14.1. The summed E-state index contributed by atoms with van der Waals surface area (Å²) in [6, 6.07) is 3.51. The van der Waals surface area contributed by atoms with E-state index >= 15 is 0 Å². The molecule has 0 saturated carbocycles. The van der Waals surface area contributed by atoms with Crippen molar-refractivity contribution in [2.24, 2.45) is 13.0 Å². The Bertz CT molecular complexity index is 824. The highest BCUT2D eigenvalue weighted by Gasteiger charge is 2.29. The second kappa shape index (κ2) is 6.30. The molecule has 0 aromatic carbocycles. The fourth-order valence-corrected chi connectivity index (χ4v) is 4.71. The van der Waals surface area contributed by atoms with Crippen molar-refractivity contribution in [3.05, 3.63) is 35.4 Å². The van der Waals surface area contributed by atoms with Gasteiger partial charge in [-0.25, -0.2) is 8.42 Å². The van der Waals surface area contributed by atoms with Gasteiger partial charge in [-0.2, -0.15) is 14.5 Å². The molecule has 1 aliphatic rings. The second-order valence-corrected chi connectivity index (χ2v) is 8.59. The zero-order valence-corrected chi connectivity index (χ0v) is 14.9. The molecule has 132 valence electrons. The van der Waals surface area contributed by atoms with Crippen LogP contribution in [-0.4, -0.2) is 49.7 Å². The minimum absolute atomic E-state index is 0.0871. The van der Waals surface area contributed by atoms with Crippen LogP contribution in [0.3, 0.4) is 0 Å². The van der Waals surface area contributed by atoms with Gasteiger partial charge < -0.3 is 5.11 Å². The maximum atomic E-state index is 12.4. The van der Waals surface area contributed by atoms with Crippen molar-refractivity contribution in [2.45, 2.75) is 33.0 Å². The fraction of sp³-hybridized carbons (Fsp3) is 0.600. The van der Waals surface area contributed by atoms with Crippen molar-refractivity contribution in [3.8, 4) is 0 Å². The van der Waals surface area contributed by atoms with E-state index in [-0.39, 0.29) is 11.7 Å². The lowest BCUT2D eigenvalue weighted by Crippen LogP contribution is -2.40. The topological polar surface area (TPSA) is 93.2 Å². The molecule has 1 unspecified atom stereocenters. The molecule has 0 fully saturated rings. The van der Waals surface area contributed by atoms with Gasteiger partial charge in [-0.3, -0.25) is 9.36 Å². The number of hydrogen-bond acceptors (Lipinski definition) is 5. The third-order valence-corrected chi connectivity index (χ3v) is 6.32. The first-order valence-electron chi connectivity index (χ1n) is 7.98. The average Bonchev–Trinajstić information content (AvgIpc) is 3.10. The molecule has 2 aromatic heterocycles. The molecule has 1 atom stereocenters. The molecule has 2 aromatic rings. The van der Waals surface area contributed by atoms with Crippen LogP contribution in [0.1, 0.15) is 37.0 Å². The monoisotopic (exact) mass is 353 g/mol. The number of aliphatic hydroxyl groups is 1. The number of aryl methyl sites for hydroxylation is 1. The highest BCUT2D eigenvalue weighted by atomic mass is 32.2. The van der Waals surface area contributed by atoms with E-state index in [9.17, 15) is 13.5 Å². The number of sulfonamides is 1. The van der Waals surface area contributed by atoms with Gasteiger partial charge in [0, 0.05) is 19.8 Å². The van der Waals surface area contributed by atoms with E-state index < -0.39 is 16.1 Å². The number of hydrogen-bond donors (Lipinski definition) is 1. The zero-order chi connectivity index (χ0) is 17.5. The molecule has 0 radical (unpaired) electrons. The van der Waals surface area contributed by atoms with Crippen molar-refractivity contribution in [1.82, 2.24) is 23.9 Å². The Morgan fingerprint density at radius 3 is 2.71 bits per heavy atom. The highest BCUT2D eigenvalue weighted by molar-refractivity contribution is 7.89. The van der Waals surface area contributed by atoms with Gasteiger partial charge in [-0.15, -0.1) is 0 Å². The Balaban J connectivity index is 1.81. The summed E-state index contributed by atoms with van der Waals surface area (Å²) in [7, 11) is -1.51. The van der Waals surface area contributed by atoms with E-state index in [0.29, 0.717) is 31.0 Å². The van der Waals surface area contributed by atoms with Crippen LogP contribution in [0, 0.1) is 5.92 Å². The van der Waals surface area contributed by atoms with Crippen molar-refractivity contribution in [2.75, 3.05) is 12.3 Å². The molecule has 1 N–H and O–H groups in total. The number of aliphatic hydroxyl groups excluding tert-OH is 1. The van der Waals surface area contributed by atoms with Crippen LogP contribution in [0.25, 0.3) is 0 Å². The molecule has 0 amide bonds. The molecule has 8 nitrogen and oxygen atoms in total. The van der Waals surface area contributed by atoms with Gasteiger partial charge in [0.25, 0.3) is 0 Å². The largest absolute Gasteiger partial charge is 0.380 e. The summed E-state index contributed by atoms with van der Waals surface area (Å²) in [4.78, 5) is 0. The maximum absolute atomic E-state index is 12.4. The number of rotatable bonds is 5. The van der Waals surface area contributed by atoms with Crippen LogP contribution < -0.4 is 0 Å². The maximum Gasteiger partial charge on any atom is 0.214 e. The minimum atomic E-state index is -3.27. The summed E-state index contributed by atoms with van der Waals surface area (Å²) in [6.45, 7) is 4.98. The summed E-state index contributed by atoms with van der Waals surface area (Å²) in [5.41, 5.74) is 1.95. The van der Waals surface area contributed by atoms with Crippen LogP contribution in [0.2, 0.25) is 0 Å². The van der Waals surface area contributed by atoms with Crippen LogP contribution >= 0.6 is 0 Å². The predicted molar refractivity (Wildman–Crippen MR) is 88.5 cm³/mol. The van der Waals surface area contributed by atoms with Crippen LogP contribution in [0.15, 0.2) is 18.3 Å². The summed E-state index contributed by atoms with van der Waals surface area (Å²) in [6.07, 6.45) is 0.741. The SMILES string of the molecule is CC(C)CS(=O)(=O)N1CCn2nc(C(O)c3ccnn3C)cc2C1. The second-order valence-electron chi connectivity index (χ2n) is 6.57.